The lowest BCUT2D eigenvalue weighted by molar-refractivity contribution is 0.548. The van der Waals surface area contributed by atoms with E-state index in [-0.39, 0.29) is 0 Å². The Labute approximate surface area is 90.5 Å². The Hall–Kier alpha value is -1.23. The van der Waals surface area contributed by atoms with Crippen molar-refractivity contribution in [3.63, 3.8) is 0 Å². The molecule has 0 fully saturated rings. The number of hydrogen-bond donors (Lipinski definition) is 2. The molecule has 3 nitrogen and oxygen atoms in total. The van der Waals surface area contributed by atoms with Gasteiger partial charge in [-0.05, 0) is 22.4 Å². The number of nitrogens with one attached hydrogen (secondary N) is 1. The monoisotopic (exact) mass is 221 g/mol. The Balaban J connectivity index is 2.26. The second-order valence-electron chi connectivity index (χ2n) is 3.25. The van der Waals surface area contributed by atoms with Crippen molar-refractivity contribution in [3.8, 4) is 0 Å². The molecule has 0 heterocycles. The molecule has 0 aliphatic heterocycles. The van der Waals surface area contributed by atoms with Gasteiger partial charge < -0.3 is 0 Å². The molecule has 4 heteroatoms. The first-order valence-corrected chi connectivity index (χ1v) is 5.68. The van der Waals surface area contributed by atoms with E-state index in [9.17, 15) is 4.21 Å². The first-order valence-electron chi connectivity index (χ1n) is 4.58. The standard InChI is InChI=1S/C11H11NO2S/c13-15(14)12-8-9-5-6-10-3-1-2-4-11(10)7-9/h1-7,12H,8H2,(H,13,14). The quantitative estimate of drug-likeness (QED) is 0.779. The summed E-state index contributed by atoms with van der Waals surface area (Å²) in [6.45, 7) is 0.397. The van der Waals surface area contributed by atoms with Gasteiger partial charge in [0.25, 0.3) is 0 Å². The van der Waals surface area contributed by atoms with Crippen LogP contribution in [-0.2, 0) is 17.8 Å². The molecular formula is C11H11NO2S. The second kappa shape index (κ2) is 4.53. The van der Waals surface area contributed by atoms with Gasteiger partial charge in [0.15, 0.2) is 0 Å². The zero-order chi connectivity index (χ0) is 10.7. The van der Waals surface area contributed by atoms with Crippen LogP contribution in [0.1, 0.15) is 5.56 Å². The van der Waals surface area contributed by atoms with Crippen molar-refractivity contribution in [2.45, 2.75) is 6.54 Å². The summed E-state index contributed by atoms with van der Waals surface area (Å²) < 4.78 is 21.5. The maximum Gasteiger partial charge on any atom is 0.232 e. The van der Waals surface area contributed by atoms with E-state index < -0.39 is 11.3 Å². The molecule has 2 rings (SSSR count). The summed E-state index contributed by atoms with van der Waals surface area (Å²) in [6.07, 6.45) is 0. The van der Waals surface area contributed by atoms with E-state index in [1.165, 1.54) is 5.39 Å². The zero-order valence-electron chi connectivity index (χ0n) is 8.01. The lowest BCUT2D eigenvalue weighted by Gasteiger charge is -2.02. The minimum atomic E-state index is -1.95. The molecule has 0 saturated carbocycles. The summed E-state index contributed by atoms with van der Waals surface area (Å²) >= 11 is -1.95. The Bertz CT molecular complexity index is 499. The van der Waals surface area contributed by atoms with Gasteiger partial charge in [-0.25, -0.2) is 8.93 Å². The van der Waals surface area contributed by atoms with E-state index >= 15 is 0 Å². The van der Waals surface area contributed by atoms with Crippen LogP contribution in [0.5, 0.6) is 0 Å². The SMILES string of the molecule is O=S(O)NCc1ccc2ccccc2c1. The van der Waals surface area contributed by atoms with Gasteiger partial charge in [0.1, 0.15) is 0 Å². The van der Waals surface area contributed by atoms with Crippen LogP contribution in [0.15, 0.2) is 42.5 Å². The van der Waals surface area contributed by atoms with E-state index in [1.807, 2.05) is 42.5 Å². The normalized spacial score (nSPS) is 12.9. The minimum Gasteiger partial charge on any atom is -0.294 e. The molecular weight excluding hydrogens is 210 g/mol. The van der Waals surface area contributed by atoms with Crippen molar-refractivity contribution in [2.24, 2.45) is 0 Å². The third-order valence-corrected chi connectivity index (χ3v) is 2.60. The second-order valence-corrected chi connectivity index (χ2v) is 4.04. The van der Waals surface area contributed by atoms with Crippen LogP contribution in [0, 0.1) is 0 Å². The molecule has 2 aromatic carbocycles. The largest absolute Gasteiger partial charge is 0.294 e. The highest BCUT2D eigenvalue weighted by molar-refractivity contribution is 7.77. The predicted molar refractivity (Wildman–Crippen MR) is 61.6 cm³/mol. The average molecular weight is 221 g/mol. The lowest BCUT2D eigenvalue weighted by atomic mass is 10.1. The smallest absolute Gasteiger partial charge is 0.232 e. The van der Waals surface area contributed by atoms with Crippen molar-refractivity contribution < 1.29 is 8.76 Å². The Morgan fingerprint density at radius 1 is 1.13 bits per heavy atom. The predicted octanol–water partition coefficient (Wildman–Crippen LogP) is 2.07. The first-order chi connectivity index (χ1) is 7.25. The van der Waals surface area contributed by atoms with Gasteiger partial charge in [-0.15, -0.1) is 0 Å². The maximum absolute atomic E-state index is 10.4. The molecule has 1 unspecified atom stereocenters. The summed E-state index contributed by atoms with van der Waals surface area (Å²) in [5.41, 5.74) is 0.996. The van der Waals surface area contributed by atoms with Crippen LogP contribution in [0.4, 0.5) is 0 Å². The third-order valence-electron chi connectivity index (χ3n) is 2.21. The molecule has 2 aromatic rings. The summed E-state index contributed by atoms with van der Waals surface area (Å²) in [5, 5.41) is 2.31. The first kappa shape index (κ1) is 10.3. The van der Waals surface area contributed by atoms with Crippen LogP contribution in [0.25, 0.3) is 10.8 Å². The molecule has 0 radical (unpaired) electrons. The van der Waals surface area contributed by atoms with Crippen molar-refractivity contribution in [1.29, 1.82) is 0 Å². The third kappa shape index (κ3) is 2.62. The van der Waals surface area contributed by atoms with Gasteiger partial charge in [-0.2, -0.15) is 0 Å². The van der Waals surface area contributed by atoms with Crippen LogP contribution >= 0.6 is 0 Å². The topological polar surface area (TPSA) is 49.3 Å². The van der Waals surface area contributed by atoms with Crippen molar-refractivity contribution in [3.05, 3.63) is 48.0 Å². The van der Waals surface area contributed by atoms with E-state index in [2.05, 4.69) is 4.72 Å². The molecule has 0 bridgehead atoms. The van der Waals surface area contributed by atoms with Gasteiger partial charge in [0.05, 0.1) is 0 Å². The molecule has 0 saturated heterocycles. The Morgan fingerprint density at radius 3 is 2.60 bits per heavy atom. The molecule has 1 atom stereocenters. The zero-order valence-corrected chi connectivity index (χ0v) is 8.83. The summed E-state index contributed by atoms with van der Waals surface area (Å²) in [7, 11) is 0. The fourth-order valence-electron chi connectivity index (χ4n) is 1.49. The van der Waals surface area contributed by atoms with E-state index in [1.54, 1.807) is 0 Å². The van der Waals surface area contributed by atoms with Gasteiger partial charge in [-0.3, -0.25) is 4.55 Å². The van der Waals surface area contributed by atoms with Gasteiger partial charge in [0.2, 0.25) is 11.3 Å². The minimum absolute atomic E-state index is 0.397. The highest BCUT2D eigenvalue weighted by Crippen LogP contribution is 2.15. The number of rotatable bonds is 3. The van der Waals surface area contributed by atoms with E-state index in [0.717, 1.165) is 10.9 Å². The molecule has 15 heavy (non-hydrogen) atoms. The highest BCUT2D eigenvalue weighted by atomic mass is 32.2. The number of hydrogen-bond acceptors (Lipinski definition) is 1. The number of benzene rings is 2. The highest BCUT2D eigenvalue weighted by Gasteiger charge is 1.97. The molecule has 0 amide bonds. The van der Waals surface area contributed by atoms with Crippen molar-refractivity contribution in [2.75, 3.05) is 0 Å². The van der Waals surface area contributed by atoms with Crippen LogP contribution in [-0.4, -0.2) is 8.76 Å². The average Bonchev–Trinajstić information content (AvgIpc) is 2.26. The molecule has 0 aromatic heterocycles. The lowest BCUT2D eigenvalue weighted by Crippen LogP contribution is -2.15. The fourth-order valence-corrected chi connectivity index (χ4v) is 1.78. The molecule has 78 valence electrons. The molecule has 2 N–H and O–H groups in total. The van der Waals surface area contributed by atoms with Crippen LogP contribution in [0.3, 0.4) is 0 Å². The Morgan fingerprint density at radius 2 is 1.87 bits per heavy atom. The summed E-state index contributed by atoms with van der Waals surface area (Å²) in [4.78, 5) is 0. The van der Waals surface area contributed by atoms with Gasteiger partial charge in [0, 0.05) is 6.54 Å². The maximum atomic E-state index is 10.4. The summed E-state index contributed by atoms with van der Waals surface area (Å²) in [6, 6.07) is 14.0. The van der Waals surface area contributed by atoms with Crippen LogP contribution < -0.4 is 4.72 Å². The molecule has 0 aliphatic carbocycles. The van der Waals surface area contributed by atoms with E-state index in [0.29, 0.717) is 6.54 Å². The van der Waals surface area contributed by atoms with Crippen LogP contribution in [0.2, 0.25) is 0 Å². The summed E-state index contributed by atoms with van der Waals surface area (Å²) in [5.74, 6) is 0. The van der Waals surface area contributed by atoms with Crippen molar-refractivity contribution in [1.82, 2.24) is 4.72 Å². The number of fused-ring (bicyclic) bond motifs is 1. The fraction of sp³-hybridized carbons (Fsp3) is 0.0909. The van der Waals surface area contributed by atoms with Crippen molar-refractivity contribution >= 4 is 22.0 Å². The molecule has 0 aliphatic rings. The van der Waals surface area contributed by atoms with E-state index in [4.69, 9.17) is 4.55 Å². The Kier molecular flexibility index (Phi) is 3.11. The van der Waals surface area contributed by atoms with Gasteiger partial charge >= 0.3 is 0 Å². The van der Waals surface area contributed by atoms with Gasteiger partial charge in [-0.1, -0.05) is 36.4 Å². The molecule has 0 spiro atoms.